The van der Waals surface area contributed by atoms with Gasteiger partial charge in [-0.25, -0.2) is 4.39 Å². The number of nitrogens with zero attached hydrogens (tertiary/aromatic N) is 1. The number of hydrogen-bond donors (Lipinski definition) is 1. The number of benzene rings is 1. The summed E-state index contributed by atoms with van der Waals surface area (Å²) < 4.78 is 50.6. The van der Waals surface area contributed by atoms with Crippen molar-refractivity contribution in [3.63, 3.8) is 0 Å². The Labute approximate surface area is 111 Å². The van der Waals surface area contributed by atoms with Crippen molar-refractivity contribution in [3.05, 3.63) is 53.5 Å². The van der Waals surface area contributed by atoms with Crippen molar-refractivity contribution in [2.75, 3.05) is 0 Å². The lowest BCUT2D eigenvalue weighted by Crippen LogP contribution is -2.16. The molecule has 1 amide bonds. The number of rotatable bonds is 2. The number of nitrogens with two attached hydrogens (primary N) is 1. The maximum atomic E-state index is 12.8. The van der Waals surface area contributed by atoms with E-state index in [1.165, 1.54) is 12.1 Å². The van der Waals surface area contributed by atoms with E-state index in [0.717, 1.165) is 12.1 Å². The highest BCUT2D eigenvalue weighted by Gasteiger charge is 2.32. The highest BCUT2D eigenvalue weighted by molar-refractivity contribution is 5.98. The summed E-state index contributed by atoms with van der Waals surface area (Å²) in [6.07, 6.45) is -4.02. The molecule has 3 nitrogen and oxygen atoms in total. The molecule has 1 aromatic carbocycles. The Hall–Kier alpha value is -2.44. The first kappa shape index (κ1) is 14.0. The van der Waals surface area contributed by atoms with E-state index in [0.29, 0.717) is 17.8 Å². The van der Waals surface area contributed by atoms with Crippen LogP contribution in [-0.2, 0) is 6.18 Å². The van der Waals surface area contributed by atoms with Gasteiger partial charge in [0.15, 0.2) is 0 Å². The molecule has 0 aliphatic heterocycles. The summed E-state index contributed by atoms with van der Waals surface area (Å²) in [6.45, 7) is 0. The molecule has 0 spiro atoms. The zero-order valence-electron chi connectivity index (χ0n) is 9.91. The normalized spacial score (nSPS) is 11.4. The van der Waals surface area contributed by atoms with E-state index < -0.39 is 23.5 Å². The average molecular weight is 284 g/mol. The molecule has 0 fully saturated rings. The number of amides is 1. The predicted molar refractivity (Wildman–Crippen MR) is 63.2 cm³/mol. The summed E-state index contributed by atoms with van der Waals surface area (Å²) in [5.74, 6) is -1.55. The topological polar surface area (TPSA) is 56.0 Å². The van der Waals surface area contributed by atoms with Crippen molar-refractivity contribution < 1.29 is 22.4 Å². The molecule has 0 saturated heterocycles. The minimum Gasteiger partial charge on any atom is -0.366 e. The molecule has 0 aliphatic rings. The first-order valence-corrected chi connectivity index (χ1v) is 5.42. The molecule has 0 radical (unpaired) electrons. The number of carbonyl (C=O) groups excluding carboxylic acids is 1. The largest absolute Gasteiger partial charge is 0.417 e. The van der Waals surface area contributed by atoms with Crippen LogP contribution in [0.4, 0.5) is 17.6 Å². The van der Waals surface area contributed by atoms with Gasteiger partial charge in [0, 0.05) is 11.8 Å². The van der Waals surface area contributed by atoms with Gasteiger partial charge < -0.3 is 5.73 Å². The summed E-state index contributed by atoms with van der Waals surface area (Å²) in [6, 6.07) is 5.46. The van der Waals surface area contributed by atoms with Crippen LogP contribution in [0.3, 0.4) is 0 Å². The van der Waals surface area contributed by atoms with E-state index in [1.54, 1.807) is 0 Å². The zero-order valence-corrected chi connectivity index (χ0v) is 9.91. The Bertz CT molecular complexity index is 650. The molecule has 1 aromatic heterocycles. The number of alkyl halides is 3. The summed E-state index contributed by atoms with van der Waals surface area (Å²) in [7, 11) is 0. The lowest BCUT2D eigenvalue weighted by molar-refractivity contribution is -0.137. The fourth-order valence-corrected chi connectivity index (χ4v) is 1.65. The van der Waals surface area contributed by atoms with Gasteiger partial charge in [-0.05, 0) is 30.3 Å². The summed E-state index contributed by atoms with van der Waals surface area (Å²) >= 11 is 0. The van der Waals surface area contributed by atoms with E-state index >= 15 is 0 Å². The fraction of sp³-hybridized carbons (Fsp3) is 0.0769. The van der Waals surface area contributed by atoms with Crippen LogP contribution in [0.5, 0.6) is 0 Å². The van der Waals surface area contributed by atoms with Crippen LogP contribution in [0.2, 0.25) is 0 Å². The maximum absolute atomic E-state index is 12.8. The molecular weight excluding hydrogens is 276 g/mol. The van der Waals surface area contributed by atoms with Crippen molar-refractivity contribution in [1.29, 1.82) is 0 Å². The second kappa shape index (κ2) is 4.92. The minimum atomic E-state index is -4.63. The summed E-state index contributed by atoms with van der Waals surface area (Å²) in [5.41, 5.74) is 3.91. The Morgan fingerprint density at radius 1 is 1.15 bits per heavy atom. The number of pyridine rings is 1. The van der Waals surface area contributed by atoms with Gasteiger partial charge in [-0.2, -0.15) is 13.2 Å². The Balaban J connectivity index is 2.59. The van der Waals surface area contributed by atoms with Crippen LogP contribution in [0, 0.1) is 5.82 Å². The third-order valence-electron chi connectivity index (χ3n) is 2.60. The first-order valence-electron chi connectivity index (χ1n) is 5.42. The highest BCUT2D eigenvalue weighted by Crippen LogP contribution is 2.31. The molecule has 0 bridgehead atoms. The molecule has 0 unspecified atom stereocenters. The SMILES string of the molecule is NC(=O)c1cc(C(F)(F)F)cnc1-c1ccc(F)cc1. The van der Waals surface area contributed by atoms with Crippen LogP contribution in [0.1, 0.15) is 15.9 Å². The molecule has 2 rings (SSSR count). The third-order valence-corrected chi connectivity index (χ3v) is 2.60. The van der Waals surface area contributed by atoms with Crippen LogP contribution < -0.4 is 5.73 Å². The van der Waals surface area contributed by atoms with Crippen LogP contribution in [0.25, 0.3) is 11.3 Å². The van der Waals surface area contributed by atoms with E-state index in [1.807, 2.05) is 0 Å². The number of aromatic nitrogens is 1. The molecule has 2 aromatic rings. The van der Waals surface area contributed by atoms with Gasteiger partial charge in [0.05, 0.1) is 16.8 Å². The Morgan fingerprint density at radius 3 is 2.25 bits per heavy atom. The van der Waals surface area contributed by atoms with Gasteiger partial charge in [0.1, 0.15) is 5.82 Å². The van der Waals surface area contributed by atoms with Crippen molar-refractivity contribution in [3.8, 4) is 11.3 Å². The van der Waals surface area contributed by atoms with Crippen molar-refractivity contribution in [1.82, 2.24) is 4.98 Å². The number of primary amides is 1. The lowest BCUT2D eigenvalue weighted by atomic mass is 10.0. The van der Waals surface area contributed by atoms with E-state index in [2.05, 4.69) is 4.98 Å². The molecule has 0 aliphatic carbocycles. The third kappa shape index (κ3) is 2.76. The van der Waals surface area contributed by atoms with Gasteiger partial charge in [-0.1, -0.05) is 0 Å². The standard InChI is InChI=1S/C13H8F4N2O/c14-9-3-1-7(2-4-9)11-10(12(18)20)5-8(6-19-11)13(15,16)17/h1-6H,(H2,18,20). The van der Waals surface area contributed by atoms with E-state index in [4.69, 9.17) is 5.73 Å². The number of carbonyl (C=O) groups is 1. The molecular formula is C13H8F4N2O. The molecule has 2 N–H and O–H groups in total. The molecule has 7 heteroatoms. The average Bonchev–Trinajstić information content (AvgIpc) is 2.38. The second-order valence-electron chi connectivity index (χ2n) is 3.99. The maximum Gasteiger partial charge on any atom is 0.417 e. The molecule has 0 atom stereocenters. The van der Waals surface area contributed by atoms with Crippen LogP contribution in [-0.4, -0.2) is 10.9 Å². The van der Waals surface area contributed by atoms with Gasteiger partial charge in [-0.3, -0.25) is 9.78 Å². The van der Waals surface area contributed by atoms with Crippen molar-refractivity contribution >= 4 is 5.91 Å². The summed E-state index contributed by atoms with van der Waals surface area (Å²) in [5, 5.41) is 0. The monoisotopic (exact) mass is 284 g/mol. The van der Waals surface area contributed by atoms with Crippen LogP contribution in [0.15, 0.2) is 36.5 Å². The quantitative estimate of drug-likeness (QED) is 0.862. The van der Waals surface area contributed by atoms with E-state index in [-0.39, 0.29) is 11.3 Å². The van der Waals surface area contributed by atoms with Gasteiger partial charge in [0.25, 0.3) is 5.91 Å². The minimum absolute atomic E-state index is 0.0227. The Kier molecular flexibility index (Phi) is 3.44. The van der Waals surface area contributed by atoms with Gasteiger partial charge in [-0.15, -0.1) is 0 Å². The molecule has 20 heavy (non-hydrogen) atoms. The highest BCUT2D eigenvalue weighted by atomic mass is 19.4. The molecule has 104 valence electrons. The smallest absolute Gasteiger partial charge is 0.366 e. The summed E-state index contributed by atoms with van der Waals surface area (Å²) in [4.78, 5) is 14.9. The fourth-order valence-electron chi connectivity index (χ4n) is 1.65. The van der Waals surface area contributed by atoms with Crippen molar-refractivity contribution in [2.45, 2.75) is 6.18 Å². The Morgan fingerprint density at radius 2 is 1.75 bits per heavy atom. The molecule has 1 heterocycles. The first-order chi connectivity index (χ1) is 9.29. The van der Waals surface area contributed by atoms with Gasteiger partial charge in [0.2, 0.25) is 0 Å². The number of hydrogen-bond acceptors (Lipinski definition) is 2. The van der Waals surface area contributed by atoms with Crippen LogP contribution >= 0.6 is 0 Å². The second-order valence-corrected chi connectivity index (χ2v) is 3.99. The van der Waals surface area contributed by atoms with E-state index in [9.17, 15) is 22.4 Å². The van der Waals surface area contributed by atoms with Crippen molar-refractivity contribution in [2.24, 2.45) is 5.73 Å². The predicted octanol–water partition coefficient (Wildman–Crippen LogP) is 3.01. The lowest BCUT2D eigenvalue weighted by Gasteiger charge is -2.11. The van der Waals surface area contributed by atoms with Gasteiger partial charge >= 0.3 is 6.18 Å². The molecule has 0 saturated carbocycles. The number of halogens is 4. The zero-order chi connectivity index (χ0) is 14.9.